The van der Waals surface area contributed by atoms with E-state index in [4.69, 9.17) is 9.15 Å². The number of rotatable bonds is 4. The zero-order valence-corrected chi connectivity index (χ0v) is 14.9. The van der Waals surface area contributed by atoms with E-state index < -0.39 is 23.7 Å². The van der Waals surface area contributed by atoms with Crippen LogP contribution in [0, 0.1) is 0 Å². The van der Waals surface area contributed by atoms with Gasteiger partial charge in [0.2, 0.25) is 0 Å². The summed E-state index contributed by atoms with van der Waals surface area (Å²) in [6.45, 7) is 5.16. The van der Waals surface area contributed by atoms with Crippen LogP contribution in [0.2, 0.25) is 0 Å². The topological polar surface area (TPSA) is 88.8 Å². The van der Waals surface area contributed by atoms with Gasteiger partial charge < -0.3 is 19.6 Å². The van der Waals surface area contributed by atoms with Crippen LogP contribution in [0.25, 0.3) is 21.9 Å². The summed E-state index contributed by atoms with van der Waals surface area (Å²) in [6, 6.07) is 12.1. The molecule has 0 spiro atoms. The van der Waals surface area contributed by atoms with Gasteiger partial charge in [0.15, 0.2) is 0 Å². The molecule has 0 fully saturated rings. The van der Waals surface area contributed by atoms with Gasteiger partial charge in [-0.1, -0.05) is 36.4 Å². The fraction of sp³-hybridized carbons (Fsp3) is 0.300. The second-order valence-electron chi connectivity index (χ2n) is 7.13. The largest absolute Gasteiger partial charge is 0.480 e. The molecule has 3 aromatic rings. The minimum Gasteiger partial charge on any atom is -0.480 e. The van der Waals surface area contributed by atoms with Gasteiger partial charge in [-0.25, -0.2) is 9.59 Å². The summed E-state index contributed by atoms with van der Waals surface area (Å²) in [5.41, 5.74) is 1.38. The van der Waals surface area contributed by atoms with E-state index in [1.54, 1.807) is 26.8 Å². The van der Waals surface area contributed by atoms with Gasteiger partial charge in [-0.15, -0.1) is 0 Å². The van der Waals surface area contributed by atoms with Gasteiger partial charge in [0.05, 0.1) is 0 Å². The van der Waals surface area contributed by atoms with E-state index in [9.17, 15) is 14.7 Å². The predicted molar refractivity (Wildman–Crippen MR) is 98.2 cm³/mol. The van der Waals surface area contributed by atoms with Crippen LogP contribution in [0.15, 0.2) is 46.9 Å². The zero-order valence-electron chi connectivity index (χ0n) is 14.9. The average molecular weight is 355 g/mol. The molecule has 1 amide bonds. The molecular formula is C20H21NO5. The number of amides is 1. The average Bonchev–Trinajstić information content (AvgIpc) is 2.92. The molecule has 0 saturated carbocycles. The van der Waals surface area contributed by atoms with Crippen LogP contribution < -0.4 is 5.32 Å². The van der Waals surface area contributed by atoms with Gasteiger partial charge in [0.25, 0.3) is 0 Å². The van der Waals surface area contributed by atoms with Crippen LogP contribution in [0.3, 0.4) is 0 Å². The molecule has 1 unspecified atom stereocenters. The molecule has 1 atom stereocenters. The number of para-hydroxylation sites is 2. The Labute approximate surface area is 150 Å². The van der Waals surface area contributed by atoms with Gasteiger partial charge in [-0.3, -0.25) is 0 Å². The Bertz CT molecular complexity index is 967. The number of aliphatic carboxylic acids is 1. The second kappa shape index (κ2) is 6.71. The molecule has 1 aromatic heterocycles. The first kappa shape index (κ1) is 17.8. The van der Waals surface area contributed by atoms with Crippen molar-refractivity contribution in [2.75, 3.05) is 0 Å². The van der Waals surface area contributed by atoms with Crippen molar-refractivity contribution in [1.29, 1.82) is 0 Å². The number of hydrogen-bond donors (Lipinski definition) is 2. The van der Waals surface area contributed by atoms with E-state index in [-0.39, 0.29) is 6.42 Å². The van der Waals surface area contributed by atoms with Crippen LogP contribution in [0.5, 0.6) is 0 Å². The highest BCUT2D eigenvalue weighted by Gasteiger charge is 2.25. The maximum atomic E-state index is 11.9. The molecule has 0 aliphatic carbocycles. The monoisotopic (exact) mass is 355 g/mol. The fourth-order valence-electron chi connectivity index (χ4n) is 2.84. The lowest BCUT2D eigenvalue weighted by atomic mass is 10.0. The van der Waals surface area contributed by atoms with Crippen LogP contribution in [0.4, 0.5) is 4.79 Å². The molecule has 0 saturated heterocycles. The minimum atomic E-state index is -1.14. The molecule has 0 radical (unpaired) electrons. The number of carboxylic acid groups (broad SMARTS) is 1. The van der Waals surface area contributed by atoms with Crippen molar-refractivity contribution < 1.29 is 23.8 Å². The number of ether oxygens (including phenoxy) is 1. The minimum absolute atomic E-state index is 0.0890. The predicted octanol–water partition coefficient (Wildman–Crippen LogP) is 4.11. The zero-order chi connectivity index (χ0) is 18.9. The number of alkyl carbamates (subject to hydrolysis) is 1. The van der Waals surface area contributed by atoms with Crippen molar-refractivity contribution in [2.45, 2.75) is 38.8 Å². The Morgan fingerprint density at radius 2 is 1.81 bits per heavy atom. The summed E-state index contributed by atoms with van der Waals surface area (Å²) >= 11 is 0. The molecule has 1 heterocycles. The molecule has 0 aliphatic rings. The van der Waals surface area contributed by atoms with Crippen molar-refractivity contribution in [3.05, 3.63) is 48.0 Å². The van der Waals surface area contributed by atoms with Gasteiger partial charge in [0, 0.05) is 17.2 Å². The number of carbonyl (C=O) groups is 2. The SMILES string of the molecule is CC(C)(C)OC(=O)NC(Cc1cccc2c1oc1ccccc12)C(=O)O. The Kier molecular flexibility index (Phi) is 4.59. The molecule has 6 nitrogen and oxygen atoms in total. The van der Waals surface area contributed by atoms with E-state index in [0.29, 0.717) is 11.1 Å². The number of hydrogen-bond acceptors (Lipinski definition) is 4. The number of carboxylic acids is 1. The van der Waals surface area contributed by atoms with Gasteiger partial charge in [0.1, 0.15) is 22.8 Å². The summed E-state index contributed by atoms with van der Waals surface area (Å²) < 4.78 is 11.1. The summed E-state index contributed by atoms with van der Waals surface area (Å²) in [7, 11) is 0. The lowest BCUT2D eigenvalue weighted by Crippen LogP contribution is -2.44. The Balaban J connectivity index is 1.90. The van der Waals surface area contributed by atoms with E-state index in [2.05, 4.69) is 5.32 Å². The van der Waals surface area contributed by atoms with Gasteiger partial charge in [-0.2, -0.15) is 0 Å². The third-order valence-corrected chi connectivity index (χ3v) is 3.90. The Morgan fingerprint density at radius 3 is 2.50 bits per heavy atom. The molecule has 0 bridgehead atoms. The molecule has 26 heavy (non-hydrogen) atoms. The van der Waals surface area contributed by atoms with E-state index >= 15 is 0 Å². The molecule has 3 rings (SSSR count). The molecular weight excluding hydrogens is 334 g/mol. The molecule has 6 heteroatoms. The number of fused-ring (bicyclic) bond motifs is 3. The third-order valence-electron chi connectivity index (χ3n) is 3.90. The maximum Gasteiger partial charge on any atom is 0.408 e. The van der Waals surface area contributed by atoms with Crippen LogP contribution in [0.1, 0.15) is 26.3 Å². The van der Waals surface area contributed by atoms with E-state index in [0.717, 1.165) is 16.4 Å². The van der Waals surface area contributed by atoms with Gasteiger partial charge >= 0.3 is 12.1 Å². The van der Waals surface area contributed by atoms with Crippen molar-refractivity contribution in [2.24, 2.45) is 0 Å². The number of carbonyl (C=O) groups excluding carboxylic acids is 1. The Morgan fingerprint density at radius 1 is 1.12 bits per heavy atom. The fourth-order valence-corrected chi connectivity index (χ4v) is 2.84. The lowest BCUT2D eigenvalue weighted by Gasteiger charge is -2.22. The number of benzene rings is 2. The summed E-state index contributed by atoms with van der Waals surface area (Å²) in [4.78, 5) is 23.6. The highest BCUT2D eigenvalue weighted by molar-refractivity contribution is 6.05. The van der Waals surface area contributed by atoms with Crippen molar-refractivity contribution in [3.8, 4) is 0 Å². The first-order chi connectivity index (χ1) is 12.2. The lowest BCUT2D eigenvalue weighted by molar-refractivity contribution is -0.139. The normalized spacial score (nSPS) is 12.9. The first-order valence-electron chi connectivity index (χ1n) is 8.36. The molecule has 2 aromatic carbocycles. The first-order valence-corrected chi connectivity index (χ1v) is 8.36. The van der Waals surface area contributed by atoms with E-state index in [1.807, 2.05) is 36.4 Å². The van der Waals surface area contributed by atoms with Crippen LogP contribution in [-0.2, 0) is 16.0 Å². The number of furan rings is 1. The summed E-state index contributed by atoms with van der Waals surface area (Å²) in [6.07, 6.45) is -0.673. The molecule has 136 valence electrons. The standard InChI is InChI=1S/C20H21NO5/c1-20(2,3)26-19(24)21-15(18(22)23)11-12-7-6-9-14-13-8-4-5-10-16(13)25-17(12)14/h4-10,15H,11H2,1-3H3,(H,21,24)(H,22,23). The van der Waals surface area contributed by atoms with Gasteiger partial charge in [-0.05, 0) is 32.4 Å². The quantitative estimate of drug-likeness (QED) is 0.735. The maximum absolute atomic E-state index is 11.9. The molecule has 2 N–H and O–H groups in total. The van der Waals surface area contributed by atoms with E-state index in [1.165, 1.54) is 0 Å². The smallest absolute Gasteiger partial charge is 0.408 e. The second-order valence-corrected chi connectivity index (χ2v) is 7.13. The highest BCUT2D eigenvalue weighted by atomic mass is 16.6. The summed E-state index contributed by atoms with van der Waals surface area (Å²) in [5.74, 6) is -1.14. The molecule has 0 aliphatic heterocycles. The van der Waals surface area contributed by atoms with Crippen molar-refractivity contribution >= 4 is 34.0 Å². The third kappa shape index (κ3) is 3.79. The van der Waals surface area contributed by atoms with Crippen molar-refractivity contribution in [1.82, 2.24) is 5.32 Å². The number of nitrogens with one attached hydrogen (secondary N) is 1. The van der Waals surface area contributed by atoms with Crippen LogP contribution >= 0.6 is 0 Å². The Hall–Kier alpha value is -3.02. The van der Waals surface area contributed by atoms with Crippen LogP contribution in [-0.4, -0.2) is 28.8 Å². The van der Waals surface area contributed by atoms with Crippen molar-refractivity contribution in [3.63, 3.8) is 0 Å². The summed E-state index contributed by atoms with van der Waals surface area (Å²) in [5, 5.41) is 13.8. The highest BCUT2D eigenvalue weighted by Crippen LogP contribution is 2.31.